The fraction of sp³-hybridized carbons (Fsp3) is 0.467. The normalized spacial score (nSPS) is 22.0. The van der Waals surface area contributed by atoms with Gasteiger partial charge in [-0.15, -0.1) is 0 Å². The number of thiophene rings is 1. The molecule has 2 aliphatic heterocycles. The third kappa shape index (κ3) is 2.46. The van der Waals surface area contributed by atoms with Gasteiger partial charge in [-0.2, -0.15) is 11.3 Å². The topological polar surface area (TPSA) is 45.2 Å². The summed E-state index contributed by atoms with van der Waals surface area (Å²) in [7, 11) is 0. The zero-order valence-corrected chi connectivity index (χ0v) is 13.3. The molecule has 4 heterocycles. The first kappa shape index (κ1) is 13.3. The molecule has 6 heteroatoms. The lowest BCUT2D eigenvalue weighted by Gasteiger charge is -2.25. The number of fused-ring (bicyclic) bond motifs is 1. The molecular weight excluding hydrogens is 302 g/mol. The van der Waals surface area contributed by atoms with Crippen molar-refractivity contribution in [2.75, 3.05) is 23.3 Å². The zero-order chi connectivity index (χ0) is 14.2. The molecule has 0 aliphatic carbocycles. The van der Waals surface area contributed by atoms with E-state index in [4.69, 9.17) is 4.98 Å². The third-order valence-electron chi connectivity index (χ3n) is 4.18. The van der Waals surface area contributed by atoms with E-state index in [1.165, 1.54) is 29.7 Å². The summed E-state index contributed by atoms with van der Waals surface area (Å²) in [6.45, 7) is 2.17. The van der Waals surface area contributed by atoms with Crippen molar-refractivity contribution < 1.29 is 4.79 Å². The van der Waals surface area contributed by atoms with E-state index in [-0.39, 0.29) is 11.8 Å². The molecule has 2 aromatic heterocycles. The van der Waals surface area contributed by atoms with Gasteiger partial charge in [-0.05, 0) is 41.7 Å². The zero-order valence-electron chi connectivity index (χ0n) is 11.7. The largest absolute Gasteiger partial charge is 0.348 e. The Labute approximate surface area is 131 Å². The summed E-state index contributed by atoms with van der Waals surface area (Å²) >= 11 is 3.44. The number of carbonyl (C=O) groups excluding carboxylic acids is 1. The third-order valence-corrected chi connectivity index (χ3v) is 6.11. The van der Waals surface area contributed by atoms with Crippen molar-refractivity contribution in [2.24, 2.45) is 0 Å². The molecule has 1 amide bonds. The number of hydrogen-bond donors (Lipinski definition) is 1. The van der Waals surface area contributed by atoms with Crippen molar-refractivity contribution >= 4 is 39.5 Å². The maximum Gasteiger partial charge on any atom is 0.226 e. The lowest BCUT2D eigenvalue weighted by Crippen LogP contribution is -2.29. The van der Waals surface area contributed by atoms with E-state index in [1.807, 2.05) is 0 Å². The van der Waals surface area contributed by atoms with Crippen molar-refractivity contribution in [3.63, 3.8) is 0 Å². The van der Waals surface area contributed by atoms with Gasteiger partial charge in [0, 0.05) is 25.4 Å². The van der Waals surface area contributed by atoms with Crippen LogP contribution in [0.4, 0.5) is 10.9 Å². The lowest BCUT2D eigenvalue weighted by atomic mass is 9.94. The van der Waals surface area contributed by atoms with E-state index in [0.717, 1.165) is 24.0 Å². The summed E-state index contributed by atoms with van der Waals surface area (Å²) in [5.41, 5.74) is 1.24. The smallest absolute Gasteiger partial charge is 0.226 e. The van der Waals surface area contributed by atoms with Gasteiger partial charge in [-0.25, -0.2) is 4.98 Å². The molecule has 4 rings (SSSR count). The molecule has 1 atom stereocenters. The molecule has 2 aromatic rings. The Morgan fingerprint density at radius 3 is 2.90 bits per heavy atom. The second-order valence-corrected chi connectivity index (χ2v) is 7.41. The quantitative estimate of drug-likeness (QED) is 0.918. The lowest BCUT2D eigenvalue weighted by molar-refractivity contribution is -0.116. The van der Waals surface area contributed by atoms with E-state index in [9.17, 15) is 4.79 Å². The van der Waals surface area contributed by atoms with E-state index in [0.29, 0.717) is 6.42 Å². The molecule has 2 aliphatic rings. The average molecular weight is 319 g/mol. The Morgan fingerprint density at radius 2 is 2.14 bits per heavy atom. The number of thiazole rings is 1. The molecule has 110 valence electrons. The van der Waals surface area contributed by atoms with Crippen molar-refractivity contribution in [1.29, 1.82) is 0 Å². The molecule has 1 saturated heterocycles. The summed E-state index contributed by atoms with van der Waals surface area (Å²) in [6, 6.07) is 2.12. The minimum atomic E-state index is 0.0780. The number of carbonyl (C=O) groups is 1. The summed E-state index contributed by atoms with van der Waals surface area (Å²) in [5.74, 6) is 1.04. The van der Waals surface area contributed by atoms with Crippen LogP contribution in [0.5, 0.6) is 0 Å². The molecule has 0 spiro atoms. The van der Waals surface area contributed by atoms with Crippen LogP contribution in [0.3, 0.4) is 0 Å². The van der Waals surface area contributed by atoms with Gasteiger partial charge in [0.15, 0.2) is 5.13 Å². The Morgan fingerprint density at radius 1 is 1.29 bits per heavy atom. The predicted molar refractivity (Wildman–Crippen MR) is 87.6 cm³/mol. The number of piperidine rings is 1. The molecule has 0 aromatic carbocycles. The second kappa shape index (κ2) is 5.42. The van der Waals surface area contributed by atoms with E-state index in [2.05, 4.69) is 27.0 Å². The van der Waals surface area contributed by atoms with Crippen LogP contribution in [-0.4, -0.2) is 24.0 Å². The van der Waals surface area contributed by atoms with Crippen LogP contribution in [0.15, 0.2) is 16.8 Å². The molecule has 0 radical (unpaired) electrons. The van der Waals surface area contributed by atoms with Gasteiger partial charge in [0.05, 0.1) is 4.88 Å². The molecule has 0 bridgehead atoms. The molecule has 1 fully saturated rings. The number of hydrogen-bond acceptors (Lipinski definition) is 5. The fourth-order valence-electron chi connectivity index (χ4n) is 3.07. The summed E-state index contributed by atoms with van der Waals surface area (Å²) in [5, 5.41) is 8.24. The SMILES string of the molecule is O=C1C[C@@H](c2ccsc2)c2sc(N3CCCCC3)nc2N1. The molecule has 1 N–H and O–H groups in total. The Hall–Kier alpha value is -1.40. The Balaban J connectivity index is 1.70. The van der Waals surface area contributed by atoms with Gasteiger partial charge in [0.1, 0.15) is 5.82 Å². The number of nitrogens with one attached hydrogen (secondary N) is 1. The van der Waals surface area contributed by atoms with Gasteiger partial charge in [-0.3, -0.25) is 4.79 Å². The van der Waals surface area contributed by atoms with Crippen molar-refractivity contribution in [2.45, 2.75) is 31.6 Å². The first-order valence-electron chi connectivity index (χ1n) is 7.39. The van der Waals surface area contributed by atoms with Crippen LogP contribution in [-0.2, 0) is 4.79 Å². The number of anilines is 2. The Bertz CT molecular complexity index is 644. The van der Waals surface area contributed by atoms with Gasteiger partial charge in [0.25, 0.3) is 0 Å². The fourth-order valence-corrected chi connectivity index (χ4v) is 4.98. The maximum atomic E-state index is 12.0. The minimum absolute atomic E-state index is 0.0780. The highest BCUT2D eigenvalue weighted by molar-refractivity contribution is 7.16. The van der Waals surface area contributed by atoms with Crippen LogP contribution >= 0.6 is 22.7 Å². The van der Waals surface area contributed by atoms with Crippen LogP contribution < -0.4 is 10.2 Å². The van der Waals surface area contributed by atoms with Gasteiger partial charge < -0.3 is 10.2 Å². The van der Waals surface area contributed by atoms with Gasteiger partial charge in [-0.1, -0.05) is 11.3 Å². The summed E-state index contributed by atoms with van der Waals surface area (Å²) in [4.78, 5) is 20.2. The number of amides is 1. The molecule has 21 heavy (non-hydrogen) atoms. The number of rotatable bonds is 2. The standard InChI is InChI=1S/C15H17N3OS2/c19-12-8-11(10-4-7-20-9-10)13-14(16-12)17-15(21-13)18-5-2-1-3-6-18/h4,7,9,11H,1-3,5-6,8H2,(H,16,19)/t11-/m0/s1. The minimum Gasteiger partial charge on any atom is -0.348 e. The van der Waals surface area contributed by atoms with E-state index in [1.54, 1.807) is 22.7 Å². The average Bonchev–Trinajstić information content (AvgIpc) is 3.16. The number of nitrogens with zero attached hydrogens (tertiary/aromatic N) is 2. The molecule has 4 nitrogen and oxygen atoms in total. The van der Waals surface area contributed by atoms with E-state index >= 15 is 0 Å². The van der Waals surface area contributed by atoms with Crippen LogP contribution in [0.1, 0.15) is 42.0 Å². The monoisotopic (exact) mass is 319 g/mol. The highest BCUT2D eigenvalue weighted by atomic mass is 32.1. The molecule has 0 unspecified atom stereocenters. The van der Waals surface area contributed by atoms with Gasteiger partial charge in [0.2, 0.25) is 5.91 Å². The number of aromatic nitrogens is 1. The predicted octanol–water partition coefficient (Wildman–Crippen LogP) is 3.67. The Kier molecular flexibility index (Phi) is 3.43. The molecule has 0 saturated carbocycles. The van der Waals surface area contributed by atoms with E-state index < -0.39 is 0 Å². The second-order valence-electron chi connectivity index (χ2n) is 5.62. The maximum absolute atomic E-state index is 12.0. The molecular formula is C15H17N3OS2. The van der Waals surface area contributed by atoms with Crippen molar-refractivity contribution in [1.82, 2.24) is 4.98 Å². The van der Waals surface area contributed by atoms with Crippen LogP contribution in [0.2, 0.25) is 0 Å². The van der Waals surface area contributed by atoms with Gasteiger partial charge >= 0.3 is 0 Å². The first-order valence-corrected chi connectivity index (χ1v) is 9.15. The van der Waals surface area contributed by atoms with Crippen molar-refractivity contribution in [3.05, 3.63) is 27.3 Å². The highest BCUT2D eigenvalue weighted by Gasteiger charge is 2.31. The first-order chi connectivity index (χ1) is 10.3. The highest BCUT2D eigenvalue weighted by Crippen LogP contribution is 2.43. The van der Waals surface area contributed by atoms with Crippen LogP contribution in [0, 0.1) is 0 Å². The summed E-state index contributed by atoms with van der Waals surface area (Å²) in [6.07, 6.45) is 4.33. The van der Waals surface area contributed by atoms with Crippen molar-refractivity contribution in [3.8, 4) is 0 Å². The van der Waals surface area contributed by atoms with Crippen LogP contribution in [0.25, 0.3) is 0 Å². The summed E-state index contributed by atoms with van der Waals surface area (Å²) < 4.78 is 0.